The lowest BCUT2D eigenvalue weighted by Gasteiger charge is -2.48. The fourth-order valence-corrected chi connectivity index (χ4v) is 5.77. The molecule has 0 aromatic carbocycles. The third kappa shape index (κ3) is 4.14. The van der Waals surface area contributed by atoms with Crippen molar-refractivity contribution in [2.75, 3.05) is 62.2 Å². The Morgan fingerprint density at radius 3 is 2.38 bits per heavy atom. The van der Waals surface area contributed by atoms with Crippen LogP contribution in [0.1, 0.15) is 37.9 Å². The highest BCUT2D eigenvalue weighted by molar-refractivity contribution is 5.68. The first kappa shape index (κ1) is 23.4. The molecule has 0 amide bonds. The maximum absolute atomic E-state index is 14.0. The minimum absolute atomic E-state index is 0.0538. The van der Waals surface area contributed by atoms with Crippen molar-refractivity contribution in [3.63, 3.8) is 0 Å². The van der Waals surface area contributed by atoms with Crippen molar-refractivity contribution in [3.8, 4) is 6.07 Å². The molecule has 34 heavy (non-hydrogen) atoms. The fraction of sp³-hybridized carbons (Fsp3) is 0.667. The molecular formula is C24H31F3N6O. The van der Waals surface area contributed by atoms with Crippen LogP contribution in [0.4, 0.5) is 24.7 Å². The Hall–Kier alpha value is -2.35. The molecule has 1 atom stereocenters. The van der Waals surface area contributed by atoms with Crippen LogP contribution in [0.2, 0.25) is 0 Å². The van der Waals surface area contributed by atoms with E-state index in [9.17, 15) is 18.4 Å². The van der Waals surface area contributed by atoms with E-state index in [2.05, 4.69) is 28.2 Å². The minimum Gasteiger partial charge on any atom is -0.367 e. The number of alkyl halides is 3. The summed E-state index contributed by atoms with van der Waals surface area (Å²) in [5, 5.41) is 13.0. The van der Waals surface area contributed by atoms with E-state index < -0.39 is 11.9 Å². The largest absolute Gasteiger partial charge is 0.434 e. The normalized spacial score (nSPS) is 25.9. The van der Waals surface area contributed by atoms with Crippen molar-refractivity contribution in [3.05, 3.63) is 29.0 Å². The predicted octanol–water partition coefficient (Wildman–Crippen LogP) is 2.77. The first-order valence-corrected chi connectivity index (χ1v) is 12.0. The van der Waals surface area contributed by atoms with Gasteiger partial charge in [0.05, 0.1) is 17.4 Å². The molecule has 3 fully saturated rings. The fourth-order valence-electron chi connectivity index (χ4n) is 5.77. The van der Waals surface area contributed by atoms with Crippen molar-refractivity contribution in [2.24, 2.45) is 0 Å². The second-order valence-corrected chi connectivity index (χ2v) is 9.83. The van der Waals surface area contributed by atoms with Gasteiger partial charge in [0, 0.05) is 64.5 Å². The quantitative estimate of drug-likeness (QED) is 0.673. The van der Waals surface area contributed by atoms with Crippen molar-refractivity contribution in [1.29, 1.82) is 5.26 Å². The van der Waals surface area contributed by atoms with Crippen LogP contribution in [-0.2, 0) is 10.9 Å². The van der Waals surface area contributed by atoms with Gasteiger partial charge in [-0.05, 0) is 32.3 Å². The average Bonchev–Trinajstić information content (AvgIpc) is 3.05. The molecular weight excluding hydrogens is 445 g/mol. The summed E-state index contributed by atoms with van der Waals surface area (Å²) in [6, 6.07) is 3.78. The zero-order valence-electron chi connectivity index (χ0n) is 19.7. The molecule has 0 saturated carbocycles. The zero-order valence-corrected chi connectivity index (χ0v) is 19.7. The molecule has 1 unspecified atom stereocenters. The molecule has 7 nitrogen and oxygen atoms in total. The molecule has 0 aliphatic carbocycles. The van der Waals surface area contributed by atoms with Crippen LogP contribution >= 0.6 is 0 Å². The van der Waals surface area contributed by atoms with Crippen LogP contribution in [0.15, 0.2) is 17.7 Å². The zero-order chi connectivity index (χ0) is 24.1. The Balaban J connectivity index is 1.39. The van der Waals surface area contributed by atoms with Crippen molar-refractivity contribution in [1.82, 2.24) is 15.2 Å². The second-order valence-electron chi connectivity index (χ2n) is 9.83. The molecule has 0 bridgehead atoms. The minimum atomic E-state index is -4.70. The van der Waals surface area contributed by atoms with Crippen LogP contribution in [0, 0.1) is 11.3 Å². The second kappa shape index (κ2) is 8.70. The molecule has 0 radical (unpaired) electrons. The number of halogens is 3. The summed E-state index contributed by atoms with van der Waals surface area (Å²) in [4.78, 5) is 10.1. The summed E-state index contributed by atoms with van der Waals surface area (Å²) in [5.41, 5.74) is -0.256. The van der Waals surface area contributed by atoms with Gasteiger partial charge < -0.3 is 19.9 Å². The van der Waals surface area contributed by atoms with Crippen molar-refractivity contribution < 1.29 is 17.9 Å². The van der Waals surface area contributed by atoms with Gasteiger partial charge in [-0.2, -0.15) is 18.4 Å². The van der Waals surface area contributed by atoms with Gasteiger partial charge in [0.2, 0.25) is 0 Å². The number of piperazine rings is 1. The first-order chi connectivity index (χ1) is 16.2. The predicted molar refractivity (Wildman–Crippen MR) is 123 cm³/mol. The summed E-state index contributed by atoms with van der Waals surface area (Å²) in [6.07, 6.45) is -1.12. The Morgan fingerprint density at radius 1 is 1.15 bits per heavy atom. The summed E-state index contributed by atoms with van der Waals surface area (Å²) < 4.78 is 48.0. The van der Waals surface area contributed by atoms with E-state index in [0.717, 1.165) is 26.2 Å². The highest BCUT2D eigenvalue weighted by Crippen LogP contribution is 2.42. The van der Waals surface area contributed by atoms with E-state index in [4.69, 9.17) is 4.74 Å². The number of ether oxygens (including phenoxy) is 1. The Bertz CT molecular complexity index is 999. The number of anilines is 2. The van der Waals surface area contributed by atoms with Gasteiger partial charge in [-0.1, -0.05) is 6.08 Å². The first-order valence-electron chi connectivity index (χ1n) is 12.0. The molecule has 10 heteroatoms. The molecule has 5 heterocycles. The Labute approximate surface area is 198 Å². The topological polar surface area (TPSA) is 67.7 Å². The third-order valence-electron chi connectivity index (χ3n) is 7.75. The molecule has 5 rings (SSSR count). The van der Waals surface area contributed by atoms with Crippen LogP contribution in [0.5, 0.6) is 0 Å². The lowest BCUT2D eigenvalue weighted by atomic mass is 9.85. The molecule has 4 aliphatic rings. The monoisotopic (exact) mass is 476 g/mol. The summed E-state index contributed by atoms with van der Waals surface area (Å²) in [5.74, 6) is 0.287. The molecule has 4 aliphatic heterocycles. The van der Waals surface area contributed by atoms with Gasteiger partial charge >= 0.3 is 6.18 Å². The molecule has 1 spiro atoms. The molecule has 184 valence electrons. The van der Waals surface area contributed by atoms with Crippen LogP contribution < -0.4 is 15.1 Å². The van der Waals surface area contributed by atoms with Crippen LogP contribution in [0.25, 0.3) is 0 Å². The van der Waals surface area contributed by atoms with E-state index in [1.165, 1.54) is 5.57 Å². The smallest absolute Gasteiger partial charge is 0.367 e. The van der Waals surface area contributed by atoms with E-state index in [0.29, 0.717) is 50.7 Å². The summed E-state index contributed by atoms with van der Waals surface area (Å²) in [7, 11) is 0. The SMILES string of the molecule is CC1=CC(C)OC12CCN(c1cc(N3CC(N4CCNCC4)C3)c(C#N)c(C(F)(F)F)n1)CC2. The van der Waals surface area contributed by atoms with Crippen LogP contribution in [0.3, 0.4) is 0 Å². The maximum atomic E-state index is 14.0. The molecule has 3 saturated heterocycles. The number of hydrogen-bond acceptors (Lipinski definition) is 7. The summed E-state index contributed by atoms with van der Waals surface area (Å²) >= 11 is 0. The number of aromatic nitrogens is 1. The Kier molecular flexibility index (Phi) is 5.99. The van der Waals surface area contributed by atoms with E-state index >= 15 is 0 Å². The van der Waals surface area contributed by atoms with E-state index in [1.807, 2.05) is 16.7 Å². The van der Waals surface area contributed by atoms with Gasteiger partial charge in [0.25, 0.3) is 0 Å². The number of hydrogen-bond donors (Lipinski definition) is 1. The van der Waals surface area contributed by atoms with Crippen molar-refractivity contribution in [2.45, 2.75) is 50.6 Å². The number of nitrogens with zero attached hydrogens (tertiary/aromatic N) is 5. The Morgan fingerprint density at radius 2 is 1.82 bits per heavy atom. The van der Waals surface area contributed by atoms with Gasteiger partial charge in [0.15, 0.2) is 5.69 Å². The highest BCUT2D eigenvalue weighted by Gasteiger charge is 2.44. The van der Waals surface area contributed by atoms with Gasteiger partial charge in [-0.15, -0.1) is 0 Å². The number of nitrogens with one attached hydrogen (secondary N) is 1. The number of nitriles is 1. The van der Waals surface area contributed by atoms with Gasteiger partial charge in [-0.25, -0.2) is 4.98 Å². The summed E-state index contributed by atoms with van der Waals surface area (Å²) in [6.45, 7) is 10.1. The highest BCUT2D eigenvalue weighted by atomic mass is 19.4. The lowest BCUT2D eigenvalue weighted by molar-refractivity contribution is -0.141. The van der Waals surface area contributed by atoms with Crippen molar-refractivity contribution >= 4 is 11.5 Å². The average molecular weight is 477 g/mol. The number of pyridine rings is 1. The van der Waals surface area contributed by atoms with Crippen LogP contribution in [-0.4, -0.2) is 80.0 Å². The standard InChI is InChI=1S/C24H31F3N6O/c1-16-11-17(2)34-23(16)3-7-32(8-4-23)21-12-20(19(13-28)22(30-21)24(25,26)27)33-14-18(15-33)31-9-5-29-6-10-31/h11-12,17-18,29H,3-10,14-15H2,1-2H3. The molecule has 1 N–H and O–H groups in total. The lowest BCUT2D eigenvalue weighted by Crippen LogP contribution is -2.63. The number of rotatable bonds is 3. The number of piperidine rings is 1. The van der Waals surface area contributed by atoms with E-state index in [1.54, 1.807) is 12.1 Å². The molecule has 1 aromatic rings. The maximum Gasteiger partial charge on any atom is 0.434 e. The third-order valence-corrected chi connectivity index (χ3v) is 7.75. The van der Waals surface area contributed by atoms with E-state index in [-0.39, 0.29) is 23.1 Å². The van der Waals surface area contributed by atoms with Gasteiger partial charge in [-0.3, -0.25) is 4.90 Å². The molecule has 1 aromatic heterocycles. The van der Waals surface area contributed by atoms with Gasteiger partial charge in [0.1, 0.15) is 17.5 Å².